The number of aromatic nitrogens is 4. The van der Waals surface area contributed by atoms with Gasteiger partial charge in [-0.1, -0.05) is 12.1 Å². The number of nitrogens with zero attached hydrogens (tertiary/aromatic N) is 5. The molecule has 0 aliphatic carbocycles. The first-order valence-corrected chi connectivity index (χ1v) is 9.06. The summed E-state index contributed by atoms with van der Waals surface area (Å²) in [4.78, 5) is 23.3. The predicted molar refractivity (Wildman–Crippen MR) is 99.4 cm³/mol. The molecule has 1 aromatic carbocycles. The summed E-state index contributed by atoms with van der Waals surface area (Å²) in [6, 6.07) is 9.60. The van der Waals surface area contributed by atoms with Crippen LogP contribution < -0.4 is 4.74 Å². The van der Waals surface area contributed by atoms with Gasteiger partial charge in [-0.3, -0.25) is 9.48 Å². The van der Waals surface area contributed by atoms with Crippen molar-refractivity contribution in [2.45, 2.75) is 26.4 Å². The average Bonchev–Trinajstić information content (AvgIpc) is 3.21. The van der Waals surface area contributed by atoms with Crippen LogP contribution in [0.25, 0.3) is 0 Å². The highest BCUT2D eigenvalue weighted by Gasteiger charge is 2.25. The lowest BCUT2D eigenvalue weighted by atomic mass is 10.0. The van der Waals surface area contributed by atoms with Crippen LogP contribution in [-0.2, 0) is 19.5 Å². The Balaban J connectivity index is 1.48. The van der Waals surface area contributed by atoms with Gasteiger partial charge in [-0.05, 0) is 30.7 Å². The van der Waals surface area contributed by atoms with Gasteiger partial charge in [0, 0.05) is 30.9 Å². The largest absolute Gasteiger partial charge is 0.478 e. The number of ether oxygens (including phenoxy) is 1. The number of fused-ring (bicyclic) bond motifs is 1. The lowest BCUT2D eigenvalue weighted by molar-refractivity contribution is 0.0731. The van der Waals surface area contributed by atoms with Gasteiger partial charge in [0.05, 0.1) is 31.0 Å². The van der Waals surface area contributed by atoms with E-state index in [1.807, 2.05) is 53.0 Å². The molecule has 7 heteroatoms. The van der Waals surface area contributed by atoms with E-state index in [9.17, 15) is 4.79 Å². The van der Waals surface area contributed by atoms with E-state index < -0.39 is 0 Å². The number of hydrogen-bond acceptors (Lipinski definition) is 5. The van der Waals surface area contributed by atoms with Crippen molar-refractivity contribution in [3.63, 3.8) is 0 Å². The maximum Gasteiger partial charge on any atom is 0.254 e. The minimum Gasteiger partial charge on any atom is -0.478 e. The molecule has 0 radical (unpaired) electrons. The Kier molecular flexibility index (Phi) is 4.82. The van der Waals surface area contributed by atoms with Crippen LogP contribution in [0.4, 0.5) is 0 Å². The van der Waals surface area contributed by atoms with Crippen LogP contribution in [-0.4, -0.2) is 43.7 Å². The van der Waals surface area contributed by atoms with Gasteiger partial charge in [-0.2, -0.15) is 5.10 Å². The van der Waals surface area contributed by atoms with E-state index in [0.717, 1.165) is 16.8 Å². The Hall–Kier alpha value is -3.22. The summed E-state index contributed by atoms with van der Waals surface area (Å²) in [6.07, 6.45) is 5.91. The van der Waals surface area contributed by atoms with Crippen molar-refractivity contribution in [1.29, 1.82) is 0 Å². The lowest BCUT2D eigenvalue weighted by Gasteiger charge is -2.29. The average molecular weight is 363 g/mol. The number of carbonyl (C=O) groups excluding carboxylic acids is 1. The summed E-state index contributed by atoms with van der Waals surface area (Å²) >= 11 is 0. The third kappa shape index (κ3) is 3.67. The molecule has 0 saturated heterocycles. The molecule has 1 aliphatic heterocycles. The van der Waals surface area contributed by atoms with E-state index in [0.29, 0.717) is 44.1 Å². The second kappa shape index (κ2) is 7.57. The third-order valence-electron chi connectivity index (χ3n) is 4.64. The quantitative estimate of drug-likeness (QED) is 0.696. The molecule has 7 nitrogen and oxygen atoms in total. The van der Waals surface area contributed by atoms with Crippen molar-refractivity contribution in [1.82, 2.24) is 24.6 Å². The number of amides is 1. The van der Waals surface area contributed by atoms with E-state index in [-0.39, 0.29) is 5.91 Å². The van der Waals surface area contributed by atoms with Crippen molar-refractivity contribution in [2.24, 2.45) is 0 Å². The number of benzene rings is 1. The molecule has 27 heavy (non-hydrogen) atoms. The standard InChI is InChI=1S/C20H21N5O2/c1-2-27-19-17-13-24(11-8-18(17)21-14-22-19)20(26)16-6-4-15(5-7-16)12-25-10-3-9-23-25/h3-7,9-10,14H,2,8,11-13H2,1H3. The maximum atomic E-state index is 12.9. The van der Waals surface area contributed by atoms with E-state index in [2.05, 4.69) is 15.1 Å². The minimum absolute atomic E-state index is 0.0117. The summed E-state index contributed by atoms with van der Waals surface area (Å²) in [5, 5.41) is 4.20. The van der Waals surface area contributed by atoms with Crippen LogP contribution in [0.2, 0.25) is 0 Å². The van der Waals surface area contributed by atoms with Gasteiger partial charge < -0.3 is 9.64 Å². The monoisotopic (exact) mass is 363 g/mol. The smallest absolute Gasteiger partial charge is 0.254 e. The van der Waals surface area contributed by atoms with Crippen LogP contribution in [0.15, 0.2) is 49.1 Å². The summed E-state index contributed by atoms with van der Waals surface area (Å²) < 4.78 is 7.46. The fourth-order valence-electron chi connectivity index (χ4n) is 3.27. The molecule has 3 heterocycles. The molecule has 0 bridgehead atoms. The molecular weight excluding hydrogens is 342 g/mol. The Morgan fingerprint density at radius 3 is 2.81 bits per heavy atom. The van der Waals surface area contributed by atoms with Crippen LogP contribution in [0, 0.1) is 0 Å². The van der Waals surface area contributed by atoms with Gasteiger partial charge in [0.1, 0.15) is 6.33 Å². The van der Waals surface area contributed by atoms with Gasteiger partial charge in [0.25, 0.3) is 5.91 Å². The van der Waals surface area contributed by atoms with Crippen molar-refractivity contribution in [2.75, 3.05) is 13.2 Å². The molecule has 0 atom stereocenters. The van der Waals surface area contributed by atoms with Gasteiger partial charge in [-0.15, -0.1) is 0 Å². The molecule has 0 spiro atoms. The zero-order valence-electron chi connectivity index (χ0n) is 15.2. The molecule has 1 aliphatic rings. The lowest BCUT2D eigenvalue weighted by Crippen LogP contribution is -2.36. The highest BCUT2D eigenvalue weighted by atomic mass is 16.5. The minimum atomic E-state index is 0.0117. The molecule has 0 unspecified atom stereocenters. The molecule has 0 N–H and O–H groups in total. The fourth-order valence-corrected chi connectivity index (χ4v) is 3.27. The Morgan fingerprint density at radius 2 is 2.07 bits per heavy atom. The zero-order chi connectivity index (χ0) is 18.6. The number of hydrogen-bond donors (Lipinski definition) is 0. The summed E-state index contributed by atoms with van der Waals surface area (Å²) in [7, 11) is 0. The molecule has 2 aromatic heterocycles. The molecule has 3 aromatic rings. The maximum absolute atomic E-state index is 12.9. The fraction of sp³-hybridized carbons (Fsp3) is 0.300. The molecule has 4 rings (SSSR count). The van der Waals surface area contributed by atoms with Gasteiger partial charge >= 0.3 is 0 Å². The van der Waals surface area contributed by atoms with Crippen LogP contribution >= 0.6 is 0 Å². The third-order valence-corrected chi connectivity index (χ3v) is 4.64. The zero-order valence-corrected chi connectivity index (χ0v) is 15.2. The van der Waals surface area contributed by atoms with E-state index >= 15 is 0 Å². The number of carbonyl (C=O) groups is 1. The molecule has 0 fully saturated rings. The molecule has 138 valence electrons. The highest BCUT2D eigenvalue weighted by Crippen LogP contribution is 2.25. The van der Waals surface area contributed by atoms with E-state index in [4.69, 9.17) is 4.74 Å². The normalized spacial score (nSPS) is 13.3. The summed E-state index contributed by atoms with van der Waals surface area (Å²) in [5.74, 6) is 0.590. The Morgan fingerprint density at radius 1 is 1.22 bits per heavy atom. The predicted octanol–water partition coefficient (Wildman–Crippen LogP) is 2.32. The Bertz CT molecular complexity index is 922. The van der Waals surface area contributed by atoms with Crippen LogP contribution in [0.1, 0.15) is 34.1 Å². The van der Waals surface area contributed by atoms with Gasteiger partial charge in [0.2, 0.25) is 5.88 Å². The van der Waals surface area contributed by atoms with Crippen molar-refractivity contribution < 1.29 is 9.53 Å². The van der Waals surface area contributed by atoms with Gasteiger partial charge in [0.15, 0.2) is 0 Å². The first-order valence-electron chi connectivity index (χ1n) is 9.06. The SMILES string of the molecule is CCOc1ncnc2c1CN(C(=O)c1ccc(Cn3cccn3)cc1)CC2. The topological polar surface area (TPSA) is 73.1 Å². The van der Waals surface area contributed by atoms with E-state index in [1.165, 1.54) is 6.33 Å². The van der Waals surface area contributed by atoms with Crippen molar-refractivity contribution >= 4 is 5.91 Å². The number of rotatable bonds is 5. The van der Waals surface area contributed by atoms with Gasteiger partial charge in [-0.25, -0.2) is 9.97 Å². The van der Waals surface area contributed by atoms with Crippen LogP contribution in [0.3, 0.4) is 0 Å². The van der Waals surface area contributed by atoms with Crippen molar-refractivity contribution in [3.8, 4) is 5.88 Å². The second-order valence-corrected chi connectivity index (χ2v) is 6.41. The van der Waals surface area contributed by atoms with Crippen LogP contribution in [0.5, 0.6) is 5.88 Å². The second-order valence-electron chi connectivity index (χ2n) is 6.41. The van der Waals surface area contributed by atoms with Crippen molar-refractivity contribution in [3.05, 3.63) is 71.4 Å². The first-order chi connectivity index (χ1) is 13.2. The molecular formula is C20H21N5O2. The summed E-state index contributed by atoms with van der Waals surface area (Å²) in [6.45, 7) is 4.26. The van der Waals surface area contributed by atoms with E-state index in [1.54, 1.807) is 6.20 Å². The molecule has 0 saturated carbocycles. The highest BCUT2D eigenvalue weighted by molar-refractivity contribution is 5.94. The molecule has 1 amide bonds. The Labute approximate surface area is 157 Å². The first kappa shape index (κ1) is 17.2. The summed E-state index contributed by atoms with van der Waals surface area (Å²) in [5.41, 5.74) is 3.66.